The van der Waals surface area contributed by atoms with Gasteiger partial charge in [0, 0.05) is 6.54 Å². The second-order valence-electron chi connectivity index (χ2n) is 8.12. The number of amides is 1. The monoisotopic (exact) mass is 396 g/mol. The van der Waals surface area contributed by atoms with Crippen molar-refractivity contribution >= 4 is 15.9 Å². The summed E-state index contributed by atoms with van der Waals surface area (Å²) in [6, 6.07) is 2.04. The average molecular weight is 397 g/mol. The van der Waals surface area contributed by atoms with Crippen molar-refractivity contribution in [3.63, 3.8) is 0 Å². The smallest absolute Gasteiger partial charge is 0.275 e. The van der Waals surface area contributed by atoms with Gasteiger partial charge in [-0.05, 0) is 55.9 Å². The van der Waals surface area contributed by atoms with Gasteiger partial charge >= 0.3 is 0 Å². The molecule has 1 aromatic carbocycles. The average Bonchev–Trinajstić information content (AvgIpc) is 2.59. The van der Waals surface area contributed by atoms with E-state index < -0.39 is 10.0 Å². The van der Waals surface area contributed by atoms with Gasteiger partial charge in [0.05, 0.1) is 31.1 Å². The van der Waals surface area contributed by atoms with Crippen LogP contribution in [0.25, 0.3) is 0 Å². The maximum Gasteiger partial charge on any atom is 0.275 e. The number of sulfonamides is 1. The number of nitrogens with zero attached hydrogens (tertiary/aromatic N) is 1. The van der Waals surface area contributed by atoms with Gasteiger partial charge in [0.15, 0.2) is 6.54 Å². The zero-order valence-corrected chi connectivity index (χ0v) is 18.3. The normalized spacial score (nSPS) is 16.7. The van der Waals surface area contributed by atoms with Crippen LogP contribution < -0.4 is 10.2 Å². The Labute approximate surface area is 164 Å². The zero-order chi connectivity index (χ0) is 20.4. The Morgan fingerprint density at radius 3 is 2.11 bits per heavy atom. The molecule has 6 nitrogen and oxygen atoms in total. The molecule has 0 unspecified atom stereocenters. The fourth-order valence-corrected chi connectivity index (χ4v) is 5.54. The summed E-state index contributed by atoms with van der Waals surface area (Å²) in [7, 11) is -3.52. The first-order valence-electron chi connectivity index (χ1n) is 9.71. The molecule has 1 amide bonds. The van der Waals surface area contributed by atoms with Crippen LogP contribution in [0.4, 0.5) is 0 Å². The number of carbonyl (C=O) groups is 1. The fraction of sp³-hybridized carbons (Fsp3) is 0.650. The van der Waals surface area contributed by atoms with Crippen LogP contribution in [0.5, 0.6) is 0 Å². The molecule has 2 N–H and O–H groups in total. The number of piperazine rings is 1. The summed E-state index contributed by atoms with van der Waals surface area (Å²) in [6.45, 7) is 15.1. The van der Waals surface area contributed by atoms with Crippen LogP contribution in [-0.2, 0) is 14.8 Å². The molecule has 0 spiro atoms. The molecule has 152 valence electrons. The zero-order valence-electron chi connectivity index (χ0n) is 17.5. The predicted octanol–water partition coefficient (Wildman–Crippen LogP) is 0.582. The Bertz CT molecular complexity index is 769. The van der Waals surface area contributed by atoms with E-state index in [0.717, 1.165) is 27.2 Å². The number of carbonyl (C=O) groups excluding carboxylic acids is 1. The van der Waals surface area contributed by atoms with Gasteiger partial charge in [-0.25, -0.2) is 8.42 Å². The van der Waals surface area contributed by atoms with Crippen LogP contribution in [0.1, 0.15) is 36.1 Å². The molecule has 0 atom stereocenters. The number of nitrogens with one attached hydrogen (secondary N) is 2. The van der Waals surface area contributed by atoms with Gasteiger partial charge in [-0.3, -0.25) is 4.79 Å². The summed E-state index contributed by atoms with van der Waals surface area (Å²) in [5.41, 5.74) is 3.67. The standard InChI is InChI=1S/C20H33N3O3S/c1-14(2)12-21-19(24)13-22-7-9-23(10-8-22)27(25,26)20-17(5)15(3)11-16(4)18(20)6/h11,14H,7-10,12-13H2,1-6H3,(H,21,24)/p+1. The third-order valence-electron chi connectivity index (χ3n) is 5.44. The van der Waals surface area contributed by atoms with E-state index in [9.17, 15) is 13.2 Å². The molecule has 27 heavy (non-hydrogen) atoms. The van der Waals surface area contributed by atoms with E-state index in [1.165, 1.54) is 0 Å². The van der Waals surface area contributed by atoms with Crippen molar-refractivity contribution in [3.8, 4) is 0 Å². The molecule has 1 saturated heterocycles. The van der Waals surface area contributed by atoms with Crippen LogP contribution >= 0.6 is 0 Å². The van der Waals surface area contributed by atoms with Crippen LogP contribution in [0.15, 0.2) is 11.0 Å². The van der Waals surface area contributed by atoms with E-state index in [1.807, 2.05) is 33.8 Å². The topological polar surface area (TPSA) is 70.9 Å². The molecule has 2 rings (SSSR count). The molecule has 1 aliphatic rings. The quantitative estimate of drug-likeness (QED) is 0.739. The van der Waals surface area contributed by atoms with Crippen molar-refractivity contribution in [1.29, 1.82) is 0 Å². The highest BCUT2D eigenvalue weighted by Crippen LogP contribution is 2.28. The third kappa shape index (κ3) is 5.09. The number of hydrogen-bond donors (Lipinski definition) is 2. The molecule has 0 radical (unpaired) electrons. The maximum atomic E-state index is 13.3. The lowest BCUT2D eigenvalue weighted by atomic mass is 10.0. The molecular weight excluding hydrogens is 362 g/mol. The Morgan fingerprint density at radius 1 is 1.11 bits per heavy atom. The molecule has 7 heteroatoms. The highest BCUT2D eigenvalue weighted by atomic mass is 32.2. The first kappa shape index (κ1) is 21.9. The van der Waals surface area contributed by atoms with Crippen LogP contribution in [-0.4, -0.2) is 57.9 Å². The molecular formula is C20H34N3O3S+. The molecule has 1 heterocycles. The number of hydrogen-bond acceptors (Lipinski definition) is 3. The first-order valence-corrected chi connectivity index (χ1v) is 11.2. The molecule has 0 aliphatic carbocycles. The fourth-order valence-electron chi connectivity index (χ4n) is 3.52. The first-order chi connectivity index (χ1) is 12.5. The second-order valence-corrected chi connectivity index (χ2v) is 9.99. The van der Waals surface area contributed by atoms with Crippen LogP contribution in [0, 0.1) is 33.6 Å². The summed E-state index contributed by atoms with van der Waals surface area (Å²) >= 11 is 0. The largest absolute Gasteiger partial charge is 0.351 e. The molecule has 1 aromatic rings. The third-order valence-corrected chi connectivity index (χ3v) is 7.62. The SMILES string of the molecule is Cc1cc(C)c(C)c(S(=O)(=O)N2CC[NH+](CC(=O)NCC(C)C)CC2)c1C. The van der Waals surface area contributed by atoms with Crippen molar-refractivity contribution < 1.29 is 18.1 Å². The number of aryl methyl sites for hydroxylation is 2. The summed E-state index contributed by atoms with van der Waals surface area (Å²) in [5, 5.41) is 2.93. The Morgan fingerprint density at radius 2 is 1.63 bits per heavy atom. The summed E-state index contributed by atoms with van der Waals surface area (Å²) in [6.07, 6.45) is 0. The van der Waals surface area contributed by atoms with Crippen molar-refractivity contribution in [2.24, 2.45) is 5.92 Å². The molecule has 0 bridgehead atoms. The number of quaternary nitrogens is 1. The number of benzene rings is 1. The summed E-state index contributed by atoms with van der Waals surface area (Å²) in [4.78, 5) is 13.6. The Kier molecular flexibility index (Phi) is 7.05. The van der Waals surface area contributed by atoms with Crippen molar-refractivity contribution in [2.75, 3.05) is 39.3 Å². The summed E-state index contributed by atoms with van der Waals surface area (Å²) in [5.74, 6) is 0.464. The van der Waals surface area contributed by atoms with E-state index in [-0.39, 0.29) is 5.91 Å². The minimum absolute atomic E-state index is 0.0380. The predicted molar refractivity (Wildman–Crippen MR) is 108 cm³/mol. The van der Waals surface area contributed by atoms with Crippen molar-refractivity contribution in [2.45, 2.75) is 46.4 Å². The van der Waals surface area contributed by atoms with Crippen LogP contribution in [0.3, 0.4) is 0 Å². The minimum atomic E-state index is -3.52. The highest BCUT2D eigenvalue weighted by molar-refractivity contribution is 7.89. The van der Waals surface area contributed by atoms with E-state index in [4.69, 9.17) is 0 Å². The lowest BCUT2D eigenvalue weighted by Crippen LogP contribution is -3.15. The minimum Gasteiger partial charge on any atom is -0.351 e. The van der Waals surface area contributed by atoms with Gasteiger partial charge in [0.1, 0.15) is 0 Å². The maximum absolute atomic E-state index is 13.3. The Hall–Kier alpha value is -1.44. The Balaban J connectivity index is 2.07. The summed E-state index contributed by atoms with van der Waals surface area (Å²) < 4.78 is 28.1. The molecule has 0 saturated carbocycles. The van der Waals surface area contributed by atoms with E-state index in [1.54, 1.807) is 4.31 Å². The lowest BCUT2D eigenvalue weighted by Gasteiger charge is -2.32. The van der Waals surface area contributed by atoms with Gasteiger partial charge in [-0.1, -0.05) is 19.9 Å². The van der Waals surface area contributed by atoms with E-state index in [0.29, 0.717) is 50.1 Å². The van der Waals surface area contributed by atoms with Gasteiger partial charge in [-0.2, -0.15) is 4.31 Å². The van der Waals surface area contributed by atoms with Gasteiger partial charge < -0.3 is 10.2 Å². The van der Waals surface area contributed by atoms with Gasteiger partial charge in [-0.15, -0.1) is 0 Å². The van der Waals surface area contributed by atoms with Crippen LogP contribution in [0.2, 0.25) is 0 Å². The van der Waals surface area contributed by atoms with Crippen molar-refractivity contribution in [1.82, 2.24) is 9.62 Å². The van der Waals surface area contributed by atoms with Crippen molar-refractivity contribution in [3.05, 3.63) is 28.3 Å². The van der Waals surface area contributed by atoms with E-state index >= 15 is 0 Å². The number of rotatable bonds is 6. The molecule has 1 fully saturated rings. The molecule has 1 aliphatic heterocycles. The second kappa shape index (κ2) is 8.71. The highest BCUT2D eigenvalue weighted by Gasteiger charge is 2.33. The van der Waals surface area contributed by atoms with Gasteiger partial charge in [0.25, 0.3) is 5.91 Å². The van der Waals surface area contributed by atoms with Gasteiger partial charge in [0.2, 0.25) is 10.0 Å². The lowest BCUT2D eigenvalue weighted by molar-refractivity contribution is -0.895. The molecule has 0 aromatic heterocycles. The van der Waals surface area contributed by atoms with E-state index in [2.05, 4.69) is 19.2 Å².